The van der Waals surface area contributed by atoms with Crippen LogP contribution in [0.4, 0.5) is 5.69 Å². The number of nitrogens with one attached hydrogen (secondary N) is 1. The summed E-state index contributed by atoms with van der Waals surface area (Å²) >= 11 is 15.4. The fraction of sp³-hybridized carbons (Fsp3) is 0.150. The number of benzene rings is 2. The second-order valence-corrected chi connectivity index (χ2v) is 7.07. The Labute approximate surface area is 186 Å². The Hall–Kier alpha value is -2.71. The molecule has 0 saturated carbocycles. The molecule has 0 radical (unpaired) electrons. The van der Waals surface area contributed by atoms with Crippen molar-refractivity contribution in [2.24, 2.45) is 0 Å². The summed E-state index contributed by atoms with van der Waals surface area (Å²) in [6, 6.07) is 11.8. The van der Waals surface area contributed by atoms with Crippen LogP contribution in [-0.2, 0) is 4.79 Å². The van der Waals surface area contributed by atoms with Crippen molar-refractivity contribution < 1.29 is 14.3 Å². The monoisotopic (exact) mass is 493 g/mol. The zero-order chi connectivity index (χ0) is 21.4. The number of carbonyl (C=O) groups excluding carboxylic acids is 1. The molecule has 0 aliphatic carbocycles. The van der Waals surface area contributed by atoms with Crippen molar-refractivity contribution in [3.8, 4) is 23.6 Å². The third-order valence-electron chi connectivity index (χ3n) is 3.52. The van der Waals surface area contributed by atoms with E-state index in [1.165, 1.54) is 6.08 Å². The number of nitriles is 2. The van der Waals surface area contributed by atoms with Gasteiger partial charge in [-0.3, -0.25) is 4.79 Å². The summed E-state index contributed by atoms with van der Waals surface area (Å²) in [4.78, 5) is 12.5. The van der Waals surface area contributed by atoms with Gasteiger partial charge >= 0.3 is 0 Å². The molecule has 2 rings (SSSR count). The van der Waals surface area contributed by atoms with Gasteiger partial charge < -0.3 is 14.8 Å². The van der Waals surface area contributed by atoms with Gasteiger partial charge in [0.1, 0.15) is 17.7 Å². The van der Waals surface area contributed by atoms with Crippen LogP contribution in [0, 0.1) is 22.7 Å². The van der Waals surface area contributed by atoms with Crippen LogP contribution < -0.4 is 14.8 Å². The van der Waals surface area contributed by atoms with E-state index >= 15 is 0 Å². The number of nitrogens with zero attached hydrogens (tertiary/aromatic N) is 2. The molecule has 0 saturated heterocycles. The van der Waals surface area contributed by atoms with Gasteiger partial charge in [0.25, 0.3) is 5.91 Å². The van der Waals surface area contributed by atoms with Gasteiger partial charge in [-0.1, -0.05) is 45.2 Å². The second kappa shape index (κ2) is 10.7. The molecule has 1 amide bonds. The number of halogens is 3. The van der Waals surface area contributed by atoms with E-state index in [-0.39, 0.29) is 22.2 Å². The van der Waals surface area contributed by atoms with E-state index in [1.54, 1.807) is 37.3 Å². The average molecular weight is 495 g/mol. The minimum atomic E-state index is -0.647. The number of carbonyl (C=O) groups is 1. The Morgan fingerprint density at radius 1 is 1.24 bits per heavy atom. The molecule has 0 heterocycles. The predicted molar refractivity (Wildman–Crippen MR) is 115 cm³/mol. The summed E-state index contributed by atoms with van der Waals surface area (Å²) in [5.74, 6) is 0.102. The highest BCUT2D eigenvalue weighted by Crippen LogP contribution is 2.35. The normalized spacial score (nSPS) is 10.6. The van der Waals surface area contributed by atoms with Crippen LogP contribution in [0.3, 0.4) is 0 Å². The van der Waals surface area contributed by atoms with Crippen LogP contribution in [0.1, 0.15) is 12.5 Å². The lowest BCUT2D eigenvalue weighted by molar-refractivity contribution is -0.112. The summed E-state index contributed by atoms with van der Waals surface area (Å²) in [5, 5.41) is 21.2. The molecule has 148 valence electrons. The lowest BCUT2D eigenvalue weighted by Gasteiger charge is -2.13. The standard InChI is InChI=1S/C20H14BrCl2N3O3/c1-2-28-17-9-12(14(21)10-18(17)29-7-6-24)8-13(11-25)20(27)26-16-5-3-4-15(22)19(16)23/h3-5,8-10H,2,7H2,1H3,(H,26,27)/b13-8-. The van der Waals surface area contributed by atoms with Crippen molar-refractivity contribution in [1.82, 2.24) is 0 Å². The molecule has 0 aliphatic heterocycles. The highest BCUT2D eigenvalue weighted by molar-refractivity contribution is 9.10. The molecule has 0 atom stereocenters. The molecule has 0 aromatic heterocycles. The van der Waals surface area contributed by atoms with Crippen molar-refractivity contribution in [3.05, 3.63) is 56.0 Å². The van der Waals surface area contributed by atoms with Gasteiger partial charge in [0.05, 0.1) is 22.3 Å². The maximum atomic E-state index is 12.5. The van der Waals surface area contributed by atoms with Crippen LogP contribution in [0.2, 0.25) is 10.0 Å². The van der Waals surface area contributed by atoms with E-state index in [0.717, 1.165) is 0 Å². The summed E-state index contributed by atoms with van der Waals surface area (Å²) in [5.41, 5.74) is 0.649. The summed E-state index contributed by atoms with van der Waals surface area (Å²) < 4.78 is 11.4. The first-order chi connectivity index (χ1) is 13.9. The summed E-state index contributed by atoms with van der Waals surface area (Å²) in [6.07, 6.45) is 1.40. The van der Waals surface area contributed by atoms with Gasteiger partial charge in [-0.25, -0.2) is 0 Å². The topological polar surface area (TPSA) is 95.1 Å². The lowest BCUT2D eigenvalue weighted by atomic mass is 10.1. The third-order valence-corrected chi connectivity index (χ3v) is 5.03. The predicted octanol–water partition coefficient (Wildman–Crippen LogP) is 5.60. The van der Waals surface area contributed by atoms with Gasteiger partial charge in [-0.2, -0.15) is 10.5 Å². The minimum Gasteiger partial charge on any atom is -0.490 e. The number of hydrogen-bond donors (Lipinski definition) is 1. The van der Waals surface area contributed by atoms with Crippen molar-refractivity contribution >= 4 is 56.8 Å². The maximum Gasteiger partial charge on any atom is 0.266 e. The number of hydrogen-bond acceptors (Lipinski definition) is 5. The molecule has 0 fully saturated rings. The van der Waals surface area contributed by atoms with Gasteiger partial charge in [0.2, 0.25) is 0 Å². The molecule has 1 N–H and O–H groups in total. The molecular weight excluding hydrogens is 481 g/mol. The third kappa shape index (κ3) is 5.88. The van der Waals surface area contributed by atoms with E-state index in [2.05, 4.69) is 21.2 Å². The molecule has 0 unspecified atom stereocenters. The van der Waals surface area contributed by atoms with E-state index in [4.69, 9.17) is 37.9 Å². The van der Waals surface area contributed by atoms with Crippen molar-refractivity contribution in [2.45, 2.75) is 6.92 Å². The molecule has 9 heteroatoms. The lowest BCUT2D eigenvalue weighted by Crippen LogP contribution is -2.13. The minimum absolute atomic E-state index is 0.145. The van der Waals surface area contributed by atoms with Crippen molar-refractivity contribution in [1.29, 1.82) is 10.5 Å². The van der Waals surface area contributed by atoms with Crippen molar-refractivity contribution in [3.63, 3.8) is 0 Å². The summed E-state index contributed by atoms with van der Waals surface area (Å²) in [6.45, 7) is 2.02. The highest BCUT2D eigenvalue weighted by Gasteiger charge is 2.15. The van der Waals surface area contributed by atoms with Gasteiger partial charge in [-0.15, -0.1) is 0 Å². The van der Waals surface area contributed by atoms with E-state index in [1.807, 2.05) is 12.1 Å². The zero-order valence-corrected chi connectivity index (χ0v) is 18.2. The Morgan fingerprint density at radius 2 is 1.97 bits per heavy atom. The number of amides is 1. The molecule has 29 heavy (non-hydrogen) atoms. The number of ether oxygens (including phenoxy) is 2. The second-order valence-electron chi connectivity index (χ2n) is 5.43. The van der Waals surface area contributed by atoms with Crippen molar-refractivity contribution in [2.75, 3.05) is 18.5 Å². The van der Waals surface area contributed by atoms with Crippen LogP contribution in [0.25, 0.3) is 6.08 Å². The fourth-order valence-electron chi connectivity index (χ4n) is 2.25. The summed E-state index contributed by atoms with van der Waals surface area (Å²) in [7, 11) is 0. The Kier molecular flexibility index (Phi) is 8.35. The molecule has 2 aromatic rings. The average Bonchev–Trinajstić information content (AvgIpc) is 2.70. The molecular formula is C20H14BrCl2N3O3. The fourth-order valence-corrected chi connectivity index (χ4v) is 3.03. The van der Waals surface area contributed by atoms with E-state index in [9.17, 15) is 10.1 Å². The Bertz CT molecular complexity index is 1040. The Balaban J connectivity index is 2.37. The molecule has 2 aromatic carbocycles. The van der Waals surface area contributed by atoms with E-state index < -0.39 is 5.91 Å². The van der Waals surface area contributed by atoms with Gasteiger partial charge in [0.15, 0.2) is 18.1 Å². The Morgan fingerprint density at radius 3 is 2.62 bits per heavy atom. The van der Waals surface area contributed by atoms with Crippen LogP contribution in [0.5, 0.6) is 11.5 Å². The highest BCUT2D eigenvalue weighted by atomic mass is 79.9. The van der Waals surface area contributed by atoms with Crippen LogP contribution in [-0.4, -0.2) is 19.1 Å². The maximum absolute atomic E-state index is 12.5. The SMILES string of the molecule is CCOc1cc(/C=C(/C#N)C(=O)Nc2cccc(Cl)c2Cl)c(Br)cc1OCC#N. The first-order valence-electron chi connectivity index (χ1n) is 8.24. The van der Waals surface area contributed by atoms with Gasteiger partial charge in [0, 0.05) is 4.47 Å². The smallest absolute Gasteiger partial charge is 0.266 e. The number of rotatable bonds is 7. The molecule has 0 spiro atoms. The quantitative estimate of drug-likeness (QED) is 0.399. The molecule has 0 bridgehead atoms. The largest absolute Gasteiger partial charge is 0.490 e. The van der Waals surface area contributed by atoms with Crippen LogP contribution in [0.15, 0.2) is 40.4 Å². The molecule has 6 nitrogen and oxygen atoms in total. The first kappa shape index (κ1) is 22.6. The first-order valence-corrected chi connectivity index (χ1v) is 9.79. The zero-order valence-electron chi connectivity index (χ0n) is 15.1. The van der Waals surface area contributed by atoms with Crippen LogP contribution >= 0.6 is 39.1 Å². The molecule has 0 aliphatic rings. The number of anilines is 1. The van der Waals surface area contributed by atoms with Gasteiger partial charge in [-0.05, 0) is 42.8 Å². The van der Waals surface area contributed by atoms with E-state index in [0.29, 0.717) is 33.8 Å².